The van der Waals surface area contributed by atoms with Crippen molar-refractivity contribution in [3.63, 3.8) is 0 Å². The molecule has 0 aliphatic heterocycles. The Morgan fingerprint density at radius 2 is 2.12 bits per heavy atom. The van der Waals surface area contributed by atoms with Gasteiger partial charge >= 0.3 is 6.09 Å². The summed E-state index contributed by atoms with van der Waals surface area (Å²) in [4.78, 5) is 17.4. The summed E-state index contributed by atoms with van der Waals surface area (Å²) in [6.07, 6.45) is 2.83. The molecule has 6 nitrogen and oxygen atoms in total. The number of hydrogen-bond donors (Lipinski definition) is 1. The molecule has 0 unspecified atom stereocenters. The third kappa shape index (κ3) is 3.15. The molecular weight excluding hydrogens is 363 g/mol. The Labute approximate surface area is 153 Å². The normalized spacial score (nSPS) is 14.0. The average molecular weight is 377 g/mol. The topological polar surface area (TPSA) is 70.7 Å². The molecule has 1 fully saturated rings. The van der Waals surface area contributed by atoms with Gasteiger partial charge in [0, 0.05) is 16.7 Å². The minimum Gasteiger partial charge on any atom is -0.465 e. The number of anilines is 1. The molecule has 0 atom stereocenters. The van der Waals surface area contributed by atoms with Crippen LogP contribution >= 0.6 is 23.2 Å². The van der Waals surface area contributed by atoms with Gasteiger partial charge in [0.25, 0.3) is 0 Å². The zero-order valence-corrected chi connectivity index (χ0v) is 14.6. The Bertz CT molecular complexity index is 968. The highest BCUT2D eigenvalue weighted by atomic mass is 35.5. The van der Waals surface area contributed by atoms with Gasteiger partial charge < -0.3 is 5.11 Å². The van der Waals surface area contributed by atoms with Crippen molar-refractivity contribution < 1.29 is 9.90 Å². The zero-order valence-electron chi connectivity index (χ0n) is 13.1. The number of fused-ring (bicyclic) bond motifs is 1. The van der Waals surface area contributed by atoms with Crippen LogP contribution in [-0.2, 0) is 6.54 Å². The van der Waals surface area contributed by atoms with Gasteiger partial charge in [-0.1, -0.05) is 35.3 Å². The van der Waals surface area contributed by atoms with E-state index >= 15 is 0 Å². The molecule has 25 heavy (non-hydrogen) atoms. The van der Waals surface area contributed by atoms with Gasteiger partial charge in [-0.3, -0.25) is 4.90 Å². The molecule has 0 spiro atoms. The second-order valence-electron chi connectivity index (χ2n) is 6.05. The summed E-state index contributed by atoms with van der Waals surface area (Å²) < 4.78 is 1.54. The number of benzene rings is 1. The van der Waals surface area contributed by atoms with Gasteiger partial charge in [-0.25, -0.2) is 9.78 Å². The third-order valence-electron chi connectivity index (χ3n) is 4.20. The molecule has 1 aromatic carbocycles. The molecule has 1 saturated carbocycles. The van der Waals surface area contributed by atoms with Crippen LogP contribution in [-0.4, -0.2) is 25.8 Å². The van der Waals surface area contributed by atoms with Gasteiger partial charge in [0.05, 0.1) is 12.7 Å². The van der Waals surface area contributed by atoms with Crippen molar-refractivity contribution in [3.05, 3.63) is 57.8 Å². The van der Waals surface area contributed by atoms with E-state index < -0.39 is 6.09 Å². The summed E-state index contributed by atoms with van der Waals surface area (Å²) in [6, 6.07) is 8.59. The highest BCUT2D eigenvalue weighted by molar-refractivity contribution is 6.30. The van der Waals surface area contributed by atoms with E-state index in [4.69, 9.17) is 23.2 Å². The lowest BCUT2D eigenvalue weighted by molar-refractivity contribution is 0.201. The van der Waals surface area contributed by atoms with E-state index in [-0.39, 0.29) is 11.7 Å². The Morgan fingerprint density at radius 1 is 1.32 bits per heavy atom. The van der Waals surface area contributed by atoms with E-state index in [9.17, 15) is 9.90 Å². The van der Waals surface area contributed by atoms with Crippen LogP contribution in [0.1, 0.15) is 29.9 Å². The van der Waals surface area contributed by atoms with Crippen LogP contribution in [0.4, 0.5) is 10.6 Å². The van der Waals surface area contributed by atoms with Gasteiger partial charge in [0.1, 0.15) is 11.0 Å². The first-order chi connectivity index (χ1) is 12.0. The third-order valence-corrected chi connectivity index (χ3v) is 4.63. The maximum atomic E-state index is 11.9. The van der Waals surface area contributed by atoms with Crippen molar-refractivity contribution in [2.24, 2.45) is 0 Å². The summed E-state index contributed by atoms with van der Waals surface area (Å²) in [5.41, 5.74) is 2.39. The first-order valence-corrected chi connectivity index (χ1v) is 8.57. The lowest BCUT2D eigenvalue weighted by atomic mass is 10.2. The second-order valence-corrected chi connectivity index (χ2v) is 6.87. The monoisotopic (exact) mass is 376 g/mol. The molecule has 1 aliphatic rings. The lowest BCUT2D eigenvalue weighted by Gasteiger charge is -2.20. The van der Waals surface area contributed by atoms with Crippen LogP contribution in [0.3, 0.4) is 0 Å². The quantitative estimate of drug-likeness (QED) is 0.675. The van der Waals surface area contributed by atoms with Crippen LogP contribution < -0.4 is 4.90 Å². The summed E-state index contributed by atoms with van der Waals surface area (Å²) in [7, 11) is 0. The fraction of sp³-hybridized carbons (Fsp3) is 0.235. The largest absolute Gasteiger partial charge is 0.465 e. The van der Waals surface area contributed by atoms with E-state index in [0.717, 1.165) is 24.0 Å². The van der Waals surface area contributed by atoms with Crippen LogP contribution in [0.15, 0.2) is 36.5 Å². The molecule has 0 saturated heterocycles. The Balaban J connectivity index is 1.80. The van der Waals surface area contributed by atoms with Crippen LogP contribution in [0.5, 0.6) is 0 Å². The highest BCUT2D eigenvalue weighted by Gasteiger charge is 2.29. The van der Waals surface area contributed by atoms with E-state index in [0.29, 0.717) is 22.4 Å². The number of rotatable bonds is 4. The first-order valence-electron chi connectivity index (χ1n) is 7.82. The first kappa shape index (κ1) is 16.2. The maximum absolute atomic E-state index is 11.9. The molecular formula is C17H14Cl2N4O2. The molecule has 4 rings (SSSR count). The van der Waals surface area contributed by atoms with Crippen LogP contribution in [0.25, 0.3) is 5.65 Å². The van der Waals surface area contributed by atoms with E-state index in [1.54, 1.807) is 24.4 Å². The number of halogens is 2. The van der Waals surface area contributed by atoms with E-state index in [1.807, 2.05) is 6.07 Å². The Morgan fingerprint density at radius 3 is 2.80 bits per heavy atom. The molecule has 128 valence electrons. The summed E-state index contributed by atoms with van der Waals surface area (Å²) in [5, 5.41) is 14.9. The predicted molar refractivity (Wildman–Crippen MR) is 95.6 cm³/mol. The average Bonchev–Trinajstić information content (AvgIpc) is 3.32. The number of amides is 1. The molecule has 0 bridgehead atoms. The van der Waals surface area contributed by atoms with Crippen LogP contribution in [0, 0.1) is 0 Å². The predicted octanol–water partition coefficient (Wildman–Crippen LogP) is 4.60. The maximum Gasteiger partial charge on any atom is 0.413 e. The van der Waals surface area contributed by atoms with Crippen molar-refractivity contribution in [1.29, 1.82) is 0 Å². The molecule has 1 amide bonds. The van der Waals surface area contributed by atoms with Crippen molar-refractivity contribution in [2.45, 2.75) is 25.3 Å². The summed E-state index contributed by atoms with van der Waals surface area (Å²) in [6.45, 7) is 0.129. The van der Waals surface area contributed by atoms with Crippen molar-refractivity contribution >= 4 is 40.8 Å². The molecule has 1 N–H and O–H groups in total. The van der Waals surface area contributed by atoms with Crippen molar-refractivity contribution in [1.82, 2.24) is 14.6 Å². The number of aromatic nitrogens is 3. The lowest BCUT2D eigenvalue weighted by Crippen LogP contribution is -2.30. The van der Waals surface area contributed by atoms with Gasteiger partial charge in [0.2, 0.25) is 0 Å². The molecule has 0 radical (unpaired) electrons. The summed E-state index contributed by atoms with van der Waals surface area (Å²) >= 11 is 12.2. The zero-order chi connectivity index (χ0) is 17.6. The fourth-order valence-corrected chi connectivity index (χ4v) is 3.26. The van der Waals surface area contributed by atoms with E-state index in [2.05, 4.69) is 10.1 Å². The minimum atomic E-state index is -1.10. The molecule has 2 heterocycles. The van der Waals surface area contributed by atoms with Crippen LogP contribution in [0.2, 0.25) is 10.2 Å². The van der Waals surface area contributed by atoms with E-state index in [1.165, 1.54) is 15.5 Å². The highest BCUT2D eigenvalue weighted by Crippen LogP contribution is 2.42. The van der Waals surface area contributed by atoms with Gasteiger partial charge in [-0.15, -0.1) is 0 Å². The molecule has 1 aliphatic carbocycles. The Hall–Kier alpha value is -2.31. The molecule has 8 heteroatoms. The number of carboxylic acid groups (broad SMARTS) is 1. The number of carbonyl (C=O) groups is 1. The summed E-state index contributed by atoms with van der Waals surface area (Å²) in [5.74, 6) is 0.789. The van der Waals surface area contributed by atoms with Gasteiger partial charge in [-0.2, -0.15) is 9.61 Å². The van der Waals surface area contributed by atoms with Crippen molar-refractivity contribution in [3.8, 4) is 0 Å². The number of nitrogens with zero attached hydrogens (tertiary/aromatic N) is 4. The van der Waals surface area contributed by atoms with Gasteiger partial charge in [-0.05, 0) is 36.5 Å². The molecule has 3 aromatic rings. The Kier molecular flexibility index (Phi) is 4.01. The fourth-order valence-electron chi connectivity index (χ4n) is 2.87. The second kappa shape index (κ2) is 6.20. The number of hydrogen-bond acceptors (Lipinski definition) is 3. The standard InChI is InChI=1S/C17H14Cl2N4O2/c18-12-3-1-2-10(6-12)9-22(17(24)25)15-7-14(19)21-16-13(11-4-5-11)8-20-23(15)16/h1-3,6-8,11H,4-5,9H2,(H,24,25). The smallest absolute Gasteiger partial charge is 0.413 e. The minimum absolute atomic E-state index is 0.129. The van der Waals surface area contributed by atoms with Gasteiger partial charge in [0.15, 0.2) is 5.65 Å². The van der Waals surface area contributed by atoms with Crippen molar-refractivity contribution in [2.75, 3.05) is 4.90 Å². The SMILES string of the molecule is O=C(O)N(Cc1cccc(Cl)c1)c1cc(Cl)nc2c(C3CC3)cnn12. The molecule has 2 aromatic heterocycles.